The van der Waals surface area contributed by atoms with Crippen LogP contribution in [0.15, 0.2) is 30.5 Å². The van der Waals surface area contributed by atoms with E-state index in [-0.39, 0.29) is 0 Å². The maximum Gasteiger partial charge on any atom is 0.513 e. The number of rotatable bonds is 7. The van der Waals surface area contributed by atoms with Crippen LogP contribution in [0.4, 0.5) is 4.79 Å². The van der Waals surface area contributed by atoms with Gasteiger partial charge in [0.1, 0.15) is 5.75 Å². The molecule has 1 aromatic heterocycles. The minimum atomic E-state index is -0.654. The molecule has 5 heteroatoms. The summed E-state index contributed by atoms with van der Waals surface area (Å²) in [4.78, 5) is 21.0. The molecule has 1 aliphatic rings. The third kappa shape index (κ3) is 5.52. The molecule has 0 N–H and O–H groups in total. The number of benzene rings is 1. The van der Waals surface area contributed by atoms with Gasteiger partial charge in [-0.05, 0) is 61.4 Å². The Hall–Kier alpha value is -2.43. The van der Waals surface area contributed by atoms with Crippen LogP contribution in [0.2, 0.25) is 0 Å². The Morgan fingerprint density at radius 2 is 2.00 bits per heavy atom. The molecule has 3 rings (SSSR count). The molecule has 1 aromatic carbocycles. The summed E-state index contributed by atoms with van der Waals surface area (Å²) in [6.07, 6.45) is 8.80. The van der Waals surface area contributed by atoms with Crippen LogP contribution in [0.5, 0.6) is 5.75 Å². The molecule has 0 bridgehead atoms. The number of hydrogen-bond acceptors (Lipinski definition) is 5. The third-order valence-corrected chi connectivity index (χ3v) is 4.93. The SMILES string of the molecule is CCCCCCOC(=O)Oc1ccc(-c2ncc3c(n2)CCC(C)C3)cc1. The largest absolute Gasteiger partial charge is 0.513 e. The van der Waals surface area contributed by atoms with Crippen LogP contribution in [-0.2, 0) is 17.6 Å². The van der Waals surface area contributed by atoms with E-state index in [0.29, 0.717) is 24.1 Å². The maximum absolute atomic E-state index is 11.7. The van der Waals surface area contributed by atoms with Gasteiger partial charge in [0.25, 0.3) is 0 Å². The summed E-state index contributed by atoms with van der Waals surface area (Å²) in [5, 5.41) is 0. The molecule has 144 valence electrons. The van der Waals surface area contributed by atoms with E-state index in [1.54, 1.807) is 12.1 Å². The highest BCUT2D eigenvalue weighted by Gasteiger charge is 2.17. The number of carbonyl (C=O) groups is 1. The van der Waals surface area contributed by atoms with Crippen molar-refractivity contribution in [3.8, 4) is 17.1 Å². The van der Waals surface area contributed by atoms with Crippen molar-refractivity contribution in [3.05, 3.63) is 41.7 Å². The molecule has 1 aliphatic carbocycles. The van der Waals surface area contributed by atoms with E-state index in [9.17, 15) is 4.79 Å². The maximum atomic E-state index is 11.7. The molecule has 0 aliphatic heterocycles. The van der Waals surface area contributed by atoms with Gasteiger partial charge in [0, 0.05) is 17.5 Å². The lowest BCUT2D eigenvalue weighted by Gasteiger charge is -2.20. The predicted octanol–water partition coefficient (Wildman–Crippen LogP) is 5.36. The van der Waals surface area contributed by atoms with Crippen LogP contribution in [-0.4, -0.2) is 22.7 Å². The van der Waals surface area contributed by atoms with E-state index >= 15 is 0 Å². The van der Waals surface area contributed by atoms with Crippen molar-refractivity contribution < 1.29 is 14.3 Å². The lowest BCUT2D eigenvalue weighted by Crippen LogP contribution is -2.14. The Labute approximate surface area is 161 Å². The van der Waals surface area contributed by atoms with Gasteiger partial charge in [-0.15, -0.1) is 0 Å². The molecule has 0 fully saturated rings. The van der Waals surface area contributed by atoms with E-state index in [4.69, 9.17) is 14.5 Å². The van der Waals surface area contributed by atoms with Crippen molar-refractivity contribution in [2.45, 2.75) is 58.8 Å². The molecule has 0 saturated carbocycles. The van der Waals surface area contributed by atoms with Gasteiger partial charge in [0.05, 0.1) is 6.61 Å². The number of carbonyl (C=O) groups excluding carboxylic acids is 1. The highest BCUT2D eigenvalue weighted by molar-refractivity contribution is 5.65. The zero-order chi connectivity index (χ0) is 19.1. The number of hydrogen-bond donors (Lipinski definition) is 0. The zero-order valence-corrected chi connectivity index (χ0v) is 16.2. The number of fused-ring (bicyclic) bond motifs is 1. The predicted molar refractivity (Wildman–Crippen MR) is 105 cm³/mol. The fraction of sp³-hybridized carbons (Fsp3) is 0.500. The van der Waals surface area contributed by atoms with Gasteiger partial charge in [-0.25, -0.2) is 14.8 Å². The summed E-state index contributed by atoms with van der Waals surface area (Å²) in [6.45, 7) is 4.82. The number of unbranched alkanes of at least 4 members (excludes halogenated alkanes) is 3. The summed E-state index contributed by atoms with van der Waals surface area (Å²) in [5.74, 6) is 1.88. The summed E-state index contributed by atoms with van der Waals surface area (Å²) < 4.78 is 10.3. The van der Waals surface area contributed by atoms with Crippen LogP contribution in [0.25, 0.3) is 11.4 Å². The third-order valence-electron chi connectivity index (χ3n) is 4.93. The minimum absolute atomic E-state index is 0.401. The molecule has 0 spiro atoms. The summed E-state index contributed by atoms with van der Waals surface area (Å²) >= 11 is 0. The Morgan fingerprint density at radius 1 is 1.19 bits per heavy atom. The molecule has 0 saturated heterocycles. The Balaban J connectivity index is 1.55. The molecular formula is C22H28N2O3. The molecule has 1 heterocycles. The van der Waals surface area contributed by atoms with E-state index in [1.165, 1.54) is 12.0 Å². The molecule has 1 atom stereocenters. The van der Waals surface area contributed by atoms with Gasteiger partial charge in [-0.3, -0.25) is 0 Å². The Morgan fingerprint density at radius 3 is 2.78 bits per heavy atom. The van der Waals surface area contributed by atoms with Crippen LogP contribution in [0.1, 0.15) is 57.2 Å². The van der Waals surface area contributed by atoms with Crippen molar-refractivity contribution >= 4 is 6.16 Å². The second-order valence-electron chi connectivity index (χ2n) is 7.30. The van der Waals surface area contributed by atoms with Gasteiger partial charge in [0.2, 0.25) is 0 Å². The quantitative estimate of drug-likeness (QED) is 0.374. The van der Waals surface area contributed by atoms with Crippen molar-refractivity contribution in [2.75, 3.05) is 6.61 Å². The fourth-order valence-corrected chi connectivity index (χ4v) is 3.31. The first kappa shape index (κ1) is 19.3. The molecule has 0 radical (unpaired) electrons. The summed E-state index contributed by atoms with van der Waals surface area (Å²) in [6, 6.07) is 7.24. The average molecular weight is 368 g/mol. The van der Waals surface area contributed by atoms with Crippen LogP contribution in [0, 0.1) is 5.92 Å². The van der Waals surface area contributed by atoms with Gasteiger partial charge < -0.3 is 9.47 Å². The van der Waals surface area contributed by atoms with Gasteiger partial charge in [0.15, 0.2) is 5.82 Å². The van der Waals surface area contributed by atoms with Gasteiger partial charge in [-0.2, -0.15) is 0 Å². The normalized spacial score (nSPS) is 15.9. The number of aryl methyl sites for hydroxylation is 1. The molecule has 5 nitrogen and oxygen atoms in total. The number of nitrogens with zero attached hydrogens (tertiary/aromatic N) is 2. The number of ether oxygens (including phenoxy) is 2. The Kier molecular flexibility index (Phi) is 6.80. The second kappa shape index (κ2) is 9.49. The minimum Gasteiger partial charge on any atom is -0.434 e. The topological polar surface area (TPSA) is 61.3 Å². The lowest BCUT2D eigenvalue weighted by atomic mass is 9.89. The molecule has 0 amide bonds. The van der Waals surface area contributed by atoms with E-state index < -0.39 is 6.16 Å². The van der Waals surface area contributed by atoms with Crippen molar-refractivity contribution in [1.82, 2.24) is 9.97 Å². The van der Waals surface area contributed by atoms with Crippen LogP contribution in [0.3, 0.4) is 0 Å². The molecular weight excluding hydrogens is 340 g/mol. The highest BCUT2D eigenvalue weighted by atomic mass is 16.7. The van der Waals surface area contributed by atoms with E-state index in [1.807, 2.05) is 18.3 Å². The first-order chi connectivity index (χ1) is 13.2. The monoisotopic (exact) mass is 368 g/mol. The second-order valence-corrected chi connectivity index (χ2v) is 7.30. The van der Waals surface area contributed by atoms with Crippen LogP contribution >= 0.6 is 0 Å². The van der Waals surface area contributed by atoms with Gasteiger partial charge in [-0.1, -0.05) is 33.1 Å². The average Bonchev–Trinajstić information content (AvgIpc) is 2.68. The van der Waals surface area contributed by atoms with E-state index in [0.717, 1.165) is 49.8 Å². The summed E-state index contributed by atoms with van der Waals surface area (Å²) in [5.41, 5.74) is 3.33. The van der Waals surface area contributed by atoms with E-state index in [2.05, 4.69) is 18.8 Å². The van der Waals surface area contributed by atoms with Crippen LogP contribution < -0.4 is 4.74 Å². The molecule has 27 heavy (non-hydrogen) atoms. The van der Waals surface area contributed by atoms with Gasteiger partial charge >= 0.3 is 6.16 Å². The summed E-state index contributed by atoms with van der Waals surface area (Å²) in [7, 11) is 0. The first-order valence-electron chi connectivity index (χ1n) is 9.95. The molecule has 1 unspecified atom stereocenters. The van der Waals surface area contributed by atoms with Crippen molar-refractivity contribution in [1.29, 1.82) is 0 Å². The zero-order valence-electron chi connectivity index (χ0n) is 16.2. The smallest absolute Gasteiger partial charge is 0.434 e. The molecule has 2 aromatic rings. The Bertz CT molecular complexity index is 759. The number of aromatic nitrogens is 2. The van der Waals surface area contributed by atoms with Crippen molar-refractivity contribution in [2.24, 2.45) is 5.92 Å². The van der Waals surface area contributed by atoms with Crippen molar-refractivity contribution in [3.63, 3.8) is 0 Å². The first-order valence-corrected chi connectivity index (χ1v) is 9.95. The lowest BCUT2D eigenvalue weighted by molar-refractivity contribution is 0.0973. The highest BCUT2D eigenvalue weighted by Crippen LogP contribution is 2.26. The standard InChI is InChI=1S/C22H28N2O3/c1-3-4-5-6-13-26-22(25)27-19-10-8-17(9-11-19)21-23-15-18-14-16(2)7-12-20(18)24-21/h8-11,15-16H,3-7,12-14H2,1-2H3. The fourth-order valence-electron chi connectivity index (χ4n) is 3.31.